The zero-order valence-corrected chi connectivity index (χ0v) is 49.8. The van der Waals surface area contributed by atoms with E-state index in [1.54, 1.807) is 0 Å². The first-order valence-corrected chi connectivity index (χ1v) is 29.3. The number of hydrogen-bond acceptors (Lipinski definition) is 3. The topological polar surface area (TPSA) is 55.9 Å². The van der Waals surface area contributed by atoms with Crippen molar-refractivity contribution < 1.29 is 5.11 Å². The number of imidazole rings is 1. The fraction of sp³-hybridized carbons (Fsp3) is 0.165. The smallest absolute Gasteiger partial charge is 0.144 e. The molecule has 3 heterocycles. The van der Waals surface area contributed by atoms with Crippen molar-refractivity contribution in [2.75, 3.05) is 0 Å². The minimum atomic E-state index is -0.333. The molecule has 0 fully saturated rings. The third-order valence-electron chi connectivity index (χ3n) is 16.9. The van der Waals surface area contributed by atoms with Crippen LogP contribution in [0.1, 0.15) is 79.0 Å². The molecular weight excluding hydrogens is 1020 g/mol. The van der Waals surface area contributed by atoms with Crippen LogP contribution in [0.4, 0.5) is 0 Å². The summed E-state index contributed by atoms with van der Waals surface area (Å²) in [4.78, 5) is 11.0. The molecular formula is C79H70N4O. The zero-order chi connectivity index (χ0) is 58.2. The second kappa shape index (κ2) is 20.7. The summed E-state index contributed by atoms with van der Waals surface area (Å²) in [7, 11) is 2.10. The van der Waals surface area contributed by atoms with Gasteiger partial charge in [0.1, 0.15) is 11.6 Å². The van der Waals surface area contributed by atoms with Crippen LogP contribution in [0.15, 0.2) is 237 Å². The van der Waals surface area contributed by atoms with Crippen molar-refractivity contribution in [2.45, 2.75) is 78.6 Å². The highest BCUT2D eigenvalue weighted by atomic mass is 16.3. The number of para-hydroxylation sites is 3. The number of phenolic OH excluding ortho intramolecular Hbond substituents is 1. The van der Waals surface area contributed by atoms with Crippen molar-refractivity contribution in [2.24, 2.45) is 7.05 Å². The van der Waals surface area contributed by atoms with Gasteiger partial charge < -0.3 is 14.2 Å². The molecule has 0 amide bonds. The lowest BCUT2D eigenvalue weighted by atomic mass is 9.79. The van der Waals surface area contributed by atoms with Gasteiger partial charge in [-0.1, -0.05) is 220 Å². The van der Waals surface area contributed by atoms with Gasteiger partial charge in [-0.25, -0.2) is 4.98 Å². The summed E-state index contributed by atoms with van der Waals surface area (Å²) in [5, 5.41) is 15.0. The molecule has 0 radical (unpaired) electrons. The summed E-state index contributed by atoms with van der Waals surface area (Å²) < 4.78 is 4.60. The SMILES string of the molecule is Cn1c(-c2cc(C(C)(C)C)cc(C(C)(C)C)c2O)nc2c(-c3cc(-c4cc(-c5cccc6c7ccccc7n(-c7ccccc7)c56)ccn4)cc(-c4ccccc4-c4ccccc4)c3)cc(-c3cc(C(C)(C)C)ccc3-c3ccccc3)cc21. The molecule has 13 rings (SSSR count). The van der Waals surface area contributed by atoms with E-state index in [-0.39, 0.29) is 22.0 Å². The van der Waals surface area contributed by atoms with E-state index in [0.29, 0.717) is 11.4 Å². The van der Waals surface area contributed by atoms with Gasteiger partial charge in [0, 0.05) is 52.0 Å². The molecule has 0 saturated heterocycles. The highest BCUT2D eigenvalue weighted by molar-refractivity contribution is 6.14. The molecule has 84 heavy (non-hydrogen) atoms. The molecule has 5 nitrogen and oxygen atoms in total. The molecule has 0 aliphatic rings. The number of hydrogen-bond donors (Lipinski definition) is 1. The van der Waals surface area contributed by atoms with Crippen molar-refractivity contribution in [3.8, 4) is 101 Å². The van der Waals surface area contributed by atoms with Crippen LogP contribution in [0.5, 0.6) is 5.75 Å². The maximum Gasteiger partial charge on any atom is 0.144 e. The van der Waals surface area contributed by atoms with Gasteiger partial charge in [0.15, 0.2) is 0 Å². The minimum absolute atomic E-state index is 0.114. The van der Waals surface area contributed by atoms with Crippen molar-refractivity contribution in [3.05, 3.63) is 253 Å². The van der Waals surface area contributed by atoms with Gasteiger partial charge in [-0.3, -0.25) is 4.98 Å². The van der Waals surface area contributed by atoms with Crippen molar-refractivity contribution in [3.63, 3.8) is 0 Å². The highest BCUT2D eigenvalue weighted by Crippen LogP contribution is 2.47. The lowest BCUT2D eigenvalue weighted by Gasteiger charge is -2.27. The molecule has 10 aromatic carbocycles. The Kier molecular flexibility index (Phi) is 13.2. The number of phenols is 1. The first kappa shape index (κ1) is 53.7. The number of pyridine rings is 1. The highest BCUT2D eigenvalue weighted by Gasteiger charge is 2.29. The molecule has 412 valence electrons. The molecule has 0 unspecified atom stereocenters. The van der Waals surface area contributed by atoms with Crippen molar-refractivity contribution >= 4 is 32.8 Å². The van der Waals surface area contributed by atoms with Crippen LogP contribution >= 0.6 is 0 Å². The lowest BCUT2D eigenvalue weighted by molar-refractivity contribution is 0.446. The Morgan fingerprint density at radius 3 is 1.58 bits per heavy atom. The van der Waals surface area contributed by atoms with E-state index < -0.39 is 0 Å². The fourth-order valence-corrected chi connectivity index (χ4v) is 12.4. The molecule has 0 aliphatic heterocycles. The van der Waals surface area contributed by atoms with Gasteiger partial charge in [-0.15, -0.1) is 0 Å². The molecule has 5 heteroatoms. The lowest BCUT2D eigenvalue weighted by Crippen LogP contribution is -2.17. The van der Waals surface area contributed by atoms with Gasteiger partial charge in [-0.05, 0) is 156 Å². The van der Waals surface area contributed by atoms with Gasteiger partial charge in [-0.2, -0.15) is 0 Å². The van der Waals surface area contributed by atoms with E-state index >= 15 is 0 Å². The normalized spacial score (nSPS) is 12.2. The summed E-state index contributed by atoms with van der Waals surface area (Å²) in [6.07, 6.45) is 1.96. The average molecular weight is 1090 g/mol. The fourth-order valence-electron chi connectivity index (χ4n) is 12.4. The number of aromatic hydroxyl groups is 1. The minimum Gasteiger partial charge on any atom is -0.507 e. The van der Waals surface area contributed by atoms with Crippen LogP contribution in [0.3, 0.4) is 0 Å². The summed E-state index contributed by atoms with van der Waals surface area (Å²) in [5.41, 5.74) is 23.5. The average Bonchev–Trinajstić information content (AvgIpc) is 1.81. The number of nitrogens with zero attached hydrogens (tertiary/aromatic N) is 4. The Bertz CT molecular complexity index is 4660. The number of benzene rings is 10. The van der Waals surface area contributed by atoms with Crippen LogP contribution in [-0.4, -0.2) is 24.2 Å². The van der Waals surface area contributed by atoms with Crippen LogP contribution in [0, 0.1) is 0 Å². The summed E-state index contributed by atoms with van der Waals surface area (Å²) in [6, 6.07) is 83.6. The number of fused-ring (bicyclic) bond motifs is 4. The first-order valence-electron chi connectivity index (χ1n) is 29.3. The van der Waals surface area contributed by atoms with Crippen molar-refractivity contribution in [1.82, 2.24) is 19.1 Å². The quantitative estimate of drug-likeness (QED) is 0.157. The van der Waals surface area contributed by atoms with Crippen LogP contribution in [0.25, 0.3) is 128 Å². The second-order valence-corrected chi connectivity index (χ2v) is 25.7. The van der Waals surface area contributed by atoms with E-state index in [4.69, 9.17) is 9.97 Å². The largest absolute Gasteiger partial charge is 0.507 e. The Morgan fingerprint density at radius 2 is 0.917 bits per heavy atom. The van der Waals surface area contributed by atoms with Gasteiger partial charge >= 0.3 is 0 Å². The second-order valence-electron chi connectivity index (χ2n) is 25.7. The number of aryl methyl sites for hydroxylation is 1. The molecule has 3 aromatic heterocycles. The molecule has 0 saturated carbocycles. The van der Waals surface area contributed by atoms with E-state index in [9.17, 15) is 5.11 Å². The monoisotopic (exact) mass is 1090 g/mol. The van der Waals surface area contributed by atoms with Gasteiger partial charge in [0.2, 0.25) is 0 Å². The van der Waals surface area contributed by atoms with Crippen molar-refractivity contribution in [1.29, 1.82) is 0 Å². The molecule has 1 N–H and O–H groups in total. The van der Waals surface area contributed by atoms with Crippen LogP contribution in [0.2, 0.25) is 0 Å². The first-order chi connectivity index (χ1) is 40.4. The molecule has 0 atom stereocenters. The summed E-state index contributed by atoms with van der Waals surface area (Å²) in [5.74, 6) is 0.957. The standard InChI is InChI=1S/C79H70N4O/c1-77(2,3)57-37-38-62(51-27-16-12-17-28-51)66(47-57)55-44-67(73-72(46-55)82(10)76(81-73)68-48-58(78(4,5)6)49-69(75(68)84)79(7,8)9)54-41-53(61-32-21-20-31-60(61)50-25-14-11-15-26-50)42-56(43-54)70-45-52(39-40-80-70)63-34-24-35-65-64-33-22-23-36-71(64)83(74(63)65)59-29-18-13-19-30-59/h11-49,84H,1-10H3. The van der Waals surface area contributed by atoms with Gasteiger partial charge in [0.05, 0.1) is 33.3 Å². The Hall–Kier alpha value is -9.58. The number of aromatic nitrogens is 4. The number of rotatable bonds is 9. The van der Waals surface area contributed by atoms with E-state index in [2.05, 4.69) is 309 Å². The Morgan fingerprint density at radius 1 is 0.369 bits per heavy atom. The van der Waals surface area contributed by atoms with Crippen LogP contribution in [-0.2, 0) is 23.3 Å². The summed E-state index contributed by atoms with van der Waals surface area (Å²) in [6.45, 7) is 20.1. The predicted molar refractivity (Wildman–Crippen MR) is 354 cm³/mol. The Balaban J connectivity index is 1.11. The van der Waals surface area contributed by atoms with Gasteiger partial charge in [0.25, 0.3) is 0 Å². The maximum absolute atomic E-state index is 12.6. The summed E-state index contributed by atoms with van der Waals surface area (Å²) >= 11 is 0. The molecule has 0 bridgehead atoms. The molecule has 13 aromatic rings. The maximum atomic E-state index is 12.6. The Labute approximate surface area is 494 Å². The zero-order valence-electron chi connectivity index (χ0n) is 49.8. The van der Waals surface area contributed by atoms with E-state index in [1.165, 1.54) is 16.3 Å². The third kappa shape index (κ3) is 9.67. The van der Waals surface area contributed by atoms with E-state index in [0.717, 1.165) is 117 Å². The van der Waals surface area contributed by atoms with E-state index in [1.807, 2.05) is 6.20 Å². The molecule has 0 aliphatic carbocycles. The third-order valence-corrected chi connectivity index (χ3v) is 16.9. The van der Waals surface area contributed by atoms with Crippen LogP contribution < -0.4 is 0 Å². The predicted octanol–water partition coefficient (Wildman–Crippen LogP) is 21.0. The molecule has 0 spiro atoms.